The molecule has 1 aromatic heterocycles. The van der Waals surface area contributed by atoms with Crippen molar-refractivity contribution in [2.24, 2.45) is 0 Å². The van der Waals surface area contributed by atoms with Crippen LogP contribution in [0.15, 0.2) is 59.1 Å². The van der Waals surface area contributed by atoms with E-state index < -0.39 is 0 Å². The van der Waals surface area contributed by atoms with Crippen LogP contribution >= 0.6 is 0 Å². The average molecular weight is 389 g/mol. The Labute approximate surface area is 172 Å². The topological polar surface area (TPSA) is 49.6 Å². The molecule has 5 nitrogen and oxygen atoms in total. The van der Waals surface area contributed by atoms with Crippen LogP contribution in [0.25, 0.3) is 11.3 Å². The Bertz CT molecular complexity index is 993. The summed E-state index contributed by atoms with van der Waals surface area (Å²) in [7, 11) is 2.09. The second kappa shape index (κ2) is 8.11. The molecule has 2 aromatic carbocycles. The van der Waals surface area contributed by atoms with Crippen LogP contribution in [0.4, 0.5) is 5.69 Å². The fourth-order valence-electron chi connectivity index (χ4n) is 3.92. The third-order valence-electron chi connectivity index (χ3n) is 5.58. The Kier molecular flexibility index (Phi) is 5.38. The first-order valence-corrected chi connectivity index (χ1v) is 10.1. The molecular weight excluding hydrogens is 362 g/mol. The van der Waals surface area contributed by atoms with Gasteiger partial charge in [0, 0.05) is 50.3 Å². The van der Waals surface area contributed by atoms with Crippen LogP contribution in [-0.4, -0.2) is 35.4 Å². The van der Waals surface area contributed by atoms with E-state index in [4.69, 9.17) is 4.42 Å². The maximum Gasteiger partial charge on any atom is 0.223 e. The van der Waals surface area contributed by atoms with Crippen molar-refractivity contribution in [3.05, 3.63) is 71.7 Å². The van der Waals surface area contributed by atoms with Crippen LogP contribution in [0.5, 0.6) is 0 Å². The third kappa shape index (κ3) is 4.19. The number of aromatic nitrogens is 1. The Hall–Kier alpha value is -3.08. The van der Waals surface area contributed by atoms with Crippen molar-refractivity contribution in [3.63, 3.8) is 0 Å². The summed E-state index contributed by atoms with van der Waals surface area (Å²) < 4.78 is 5.88. The molecule has 1 atom stereocenters. The number of para-hydroxylation sites is 1. The van der Waals surface area contributed by atoms with Gasteiger partial charge in [0.25, 0.3) is 0 Å². The number of likely N-dealkylation sites (N-methyl/N-ethyl adjacent to an activating group) is 1. The first-order valence-electron chi connectivity index (χ1n) is 10.1. The molecule has 3 aromatic rings. The van der Waals surface area contributed by atoms with Gasteiger partial charge < -0.3 is 14.2 Å². The van der Waals surface area contributed by atoms with Gasteiger partial charge in [0.1, 0.15) is 0 Å². The predicted octanol–water partition coefficient (Wildman–Crippen LogP) is 4.45. The van der Waals surface area contributed by atoms with E-state index in [0.717, 1.165) is 17.9 Å². The molecule has 0 aliphatic carbocycles. The highest BCUT2D eigenvalue weighted by atomic mass is 16.4. The summed E-state index contributed by atoms with van der Waals surface area (Å²) in [6.45, 7) is 5.63. The van der Waals surface area contributed by atoms with Crippen LogP contribution in [0, 0.1) is 6.92 Å². The lowest BCUT2D eigenvalue weighted by Crippen LogP contribution is -2.42. The normalized spacial score (nSPS) is 16.4. The number of amides is 1. The second-order valence-electron chi connectivity index (χ2n) is 7.86. The molecule has 150 valence electrons. The van der Waals surface area contributed by atoms with Gasteiger partial charge in [-0.15, -0.1) is 0 Å². The van der Waals surface area contributed by atoms with Crippen molar-refractivity contribution in [2.75, 3.05) is 18.5 Å². The summed E-state index contributed by atoms with van der Waals surface area (Å²) in [6, 6.07) is 16.6. The molecule has 0 N–H and O–H groups in total. The predicted molar refractivity (Wildman–Crippen MR) is 115 cm³/mol. The second-order valence-corrected chi connectivity index (χ2v) is 7.86. The molecule has 0 saturated carbocycles. The number of rotatable bonds is 4. The highest BCUT2D eigenvalue weighted by Crippen LogP contribution is 2.27. The number of fused-ring (bicyclic) bond motifs is 1. The van der Waals surface area contributed by atoms with Gasteiger partial charge >= 0.3 is 0 Å². The number of carbonyl (C=O) groups excluding carboxylic acids is 1. The number of oxazole rings is 1. The lowest BCUT2D eigenvalue weighted by Gasteiger charge is -2.28. The monoisotopic (exact) mass is 389 g/mol. The fourth-order valence-corrected chi connectivity index (χ4v) is 3.92. The van der Waals surface area contributed by atoms with Crippen LogP contribution < -0.4 is 4.90 Å². The van der Waals surface area contributed by atoms with Crippen molar-refractivity contribution in [3.8, 4) is 11.3 Å². The molecule has 1 amide bonds. The van der Waals surface area contributed by atoms with Crippen molar-refractivity contribution in [1.29, 1.82) is 0 Å². The molecule has 1 aliphatic rings. The van der Waals surface area contributed by atoms with E-state index in [1.807, 2.05) is 29.2 Å². The van der Waals surface area contributed by atoms with Gasteiger partial charge in [-0.1, -0.05) is 48.0 Å². The Morgan fingerprint density at radius 2 is 1.93 bits per heavy atom. The highest BCUT2D eigenvalue weighted by molar-refractivity contribution is 5.77. The van der Waals surface area contributed by atoms with Crippen molar-refractivity contribution in [1.82, 2.24) is 9.88 Å². The van der Waals surface area contributed by atoms with E-state index in [-0.39, 0.29) is 11.9 Å². The smallest absolute Gasteiger partial charge is 0.223 e. The van der Waals surface area contributed by atoms with Gasteiger partial charge in [-0.3, -0.25) is 4.79 Å². The lowest BCUT2D eigenvalue weighted by molar-refractivity contribution is -0.133. The quantitative estimate of drug-likeness (QED) is 0.661. The van der Waals surface area contributed by atoms with Gasteiger partial charge in [0.05, 0.1) is 6.20 Å². The maximum atomic E-state index is 13.0. The molecule has 0 fully saturated rings. The number of nitrogens with zero attached hydrogens (tertiary/aromatic N) is 3. The summed E-state index contributed by atoms with van der Waals surface area (Å²) in [5.41, 5.74) is 4.59. The number of anilines is 1. The first-order chi connectivity index (χ1) is 14.0. The summed E-state index contributed by atoms with van der Waals surface area (Å²) in [5, 5.41) is 0. The Morgan fingerprint density at radius 3 is 2.72 bits per heavy atom. The van der Waals surface area contributed by atoms with Gasteiger partial charge in [0.15, 0.2) is 11.7 Å². The molecule has 29 heavy (non-hydrogen) atoms. The summed E-state index contributed by atoms with van der Waals surface area (Å²) in [6.07, 6.45) is 2.64. The Balaban J connectivity index is 1.42. The molecule has 2 heterocycles. The summed E-state index contributed by atoms with van der Waals surface area (Å²) in [4.78, 5) is 21.6. The largest absolute Gasteiger partial charge is 0.441 e. The van der Waals surface area contributed by atoms with Crippen LogP contribution in [-0.2, 0) is 17.8 Å². The molecule has 0 radical (unpaired) electrons. The summed E-state index contributed by atoms with van der Waals surface area (Å²) in [5.74, 6) is 1.48. The minimum atomic E-state index is 0.137. The zero-order valence-corrected chi connectivity index (χ0v) is 17.3. The van der Waals surface area contributed by atoms with Gasteiger partial charge in [0.2, 0.25) is 5.91 Å². The minimum Gasteiger partial charge on any atom is -0.441 e. The van der Waals surface area contributed by atoms with Crippen LogP contribution in [0.3, 0.4) is 0 Å². The molecular formula is C24H27N3O2. The van der Waals surface area contributed by atoms with Crippen LogP contribution in [0.2, 0.25) is 0 Å². The maximum absolute atomic E-state index is 13.0. The fraction of sp³-hybridized carbons (Fsp3) is 0.333. The lowest BCUT2D eigenvalue weighted by atomic mass is 10.1. The standard InChI is InChI=1S/C24H27N3O2/c1-17-8-10-19(11-9-17)22-14-25-23(29-22)12-13-24(28)27-16-20-6-4-5-7-21(20)26(3)15-18(27)2/h4-11,14,18H,12-13,15-16H2,1-3H3. The summed E-state index contributed by atoms with van der Waals surface area (Å²) >= 11 is 0. The number of carbonyl (C=O) groups is 1. The van der Waals surface area contributed by atoms with Gasteiger partial charge in [-0.2, -0.15) is 0 Å². The van der Waals surface area contributed by atoms with Crippen molar-refractivity contribution < 1.29 is 9.21 Å². The number of benzene rings is 2. The zero-order chi connectivity index (χ0) is 20.4. The Morgan fingerprint density at radius 1 is 1.17 bits per heavy atom. The van der Waals surface area contributed by atoms with Crippen LogP contribution in [0.1, 0.15) is 30.4 Å². The van der Waals surface area contributed by atoms with Crippen molar-refractivity contribution >= 4 is 11.6 Å². The zero-order valence-electron chi connectivity index (χ0n) is 17.3. The van der Waals surface area contributed by atoms with E-state index in [1.54, 1.807) is 6.20 Å². The minimum absolute atomic E-state index is 0.137. The van der Waals surface area contributed by atoms with E-state index in [0.29, 0.717) is 25.3 Å². The molecule has 4 rings (SSSR count). The third-order valence-corrected chi connectivity index (χ3v) is 5.58. The number of aryl methyl sites for hydroxylation is 2. The average Bonchev–Trinajstić information content (AvgIpc) is 3.15. The molecule has 1 aliphatic heterocycles. The molecule has 0 bridgehead atoms. The molecule has 0 saturated heterocycles. The first kappa shape index (κ1) is 19.2. The number of hydrogen-bond acceptors (Lipinski definition) is 4. The van der Waals surface area contributed by atoms with Gasteiger partial charge in [-0.25, -0.2) is 4.98 Å². The molecule has 1 unspecified atom stereocenters. The van der Waals surface area contributed by atoms with E-state index in [2.05, 4.69) is 55.0 Å². The van der Waals surface area contributed by atoms with E-state index >= 15 is 0 Å². The molecule has 5 heteroatoms. The van der Waals surface area contributed by atoms with Crippen molar-refractivity contribution in [2.45, 2.75) is 39.3 Å². The molecule has 0 spiro atoms. The highest BCUT2D eigenvalue weighted by Gasteiger charge is 2.26. The van der Waals surface area contributed by atoms with E-state index in [1.165, 1.54) is 16.8 Å². The van der Waals surface area contributed by atoms with E-state index in [9.17, 15) is 4.79 Å². The van der Waals surface area contributed by atoms with Gasteiger partial charge in [-0.05, 0) is 25.5 Å². The number of hydrogen-bond donors (Lipinski definition) is 0. The SMILES string of the molecule is Cc1ccc(-c2cnc(CCC(=O)N3Cc4ccccc4N(C)CC3C)o2)cc1.